The summed E-state index contributed by atoms with van der Waals surface area (Å²) in [6, 6.07) is 20.1. The summed E-state index contributed by atoms with van der Waals surface area (Å²) in [6.45, 7) is 1.56. The number of rotatable bonds is 9. The summed E-state index contributed by atoms with van der Waals surface area (Å²) in [5, 5.41) is 13.0. The minimum atomic E-state index is -0.312. The van der Waals surface area contributed by atoms with Crippen LogP contribution < -0.4 is 29.0 Å². The van der Waals surface area contributed by atoms with Crippen LogP contribution in [0.2, 0.25) is 0 Å². The maximum absolute atomic E-state index is 9.63. The Kier molecular flexibility index (Phi) is 6.87. The van der Waals surface area contributed by atoms with Crippen molar-refractivity contribution in [3.63, 3.8) is 0 Å². The highest BCUT2D eigenvalue weighted by Gasteiger charge is 2.32. The monoisotopic (exact) mass is 437 g/mol. The van der Waals surface area contributed by atoms with Crippen LogP contribution in [-0.2, 0) is 0 Å². The lowest BCUT2D eigenvalue weighted by molar-refractivity contribution is 0.0197. The van der Waals surface area contributed by atoms with E-state index in [9.17, 15) is 5.11 Å². The molecule has 0 bridgehead atoms. The molecule has 0 unspecified atom stereocenters. The summed E-state index contributed by atoms with van der Waals surface area (Å²) in [7, 11) is 3.20. The van der Waals surface area contributed by atoms with Crippen molar-refractivity contribution in [3.8, 4) is 34.5 Å². The average molecular weight is 437 g/mol. The topological polar surface area (TPSA) is 78.4 Å². The molecule has 1 aliphatic rings. The van der Waals surface area contributed by atoms with E-state index in [1.54, 1.807) is 26.4 Å². The first kappa shape index (κ1) is 21.6. The number of hydrogen-bond acceptors (Lipinski definition) is 7. The van der Waals surface area contributed by atoms with Crippen molar-refractivity contribution in [2.75, 3.05) is 33.9 Å². The van der Waals surface area contributed by atoms with Crippen LogP contribution in [-0.4, -0.2) is 45.1 Å². The lowest BCUT2D eigenvalue weighted by Gasteiger charge is -2.34. The number of para-hydroxylation sites is 3. The molecule has 0 aliphatic carbocycles. The zero-order valence-corrected chi connectivity index (χ0v) is 18.1. The minimum Gasteiger partial charge on any atom is -0.508 e. The molecule has 1 heterocycles. The summed E-state index contributed by atoms with van der Waals surface area (Å²) in [5.74, 6) is 3.45. The zero-order valence-electron chi connectivity index (χ0n) is 18.1. The minimum absolute atomic E-state index is 0.212. The van der Waals surface area contributed by atoms with Crippen LogP contribution in [0.3, 0.4) is 0 Å². The van der Waals surface area contributed by atoms with Gasteiger partial charge in [-0.3, -0.25) is 0 Å². The van der Waals surface area contributed by atoms with E-state index in [1.165, 1.54) is 0 Å². The fourth-order valence-corrected chi connectivity index (χ4v) is 3.61. The molecule has 3 aromatic rings. The quantitative estimate of drug-likeness (QED) is 0.491. The molecule has 0 radical (unpaired) electrons. The molecular weight excluding hydrogens is 410 g/mol. The van der Waals surface area contributed by atoms with Gasteiger partial charge in [0.1, 0.15) is 12.4 Å². The number of fused-ring (bicyclic) bond motifs is 1. The van der Waals surface area contributed by atoms with Crippen LogP contribution in [0.25, 0.3) is 0 Å². The second-order valence-corrected chi connectivity index (χ2v) is 7.28. The largest absolute Gasteiger partial charge is 0.508 e. The molecule has 0 saturated carbocycles. The fraction of sp³-hybridized carbons (Fsp3) is 0.280. The fourth-order valence-electron chi connectivity index (χ4n) is 3.61. The van der Waals surface area contributed by atoms with Crippen molar-refractivity contribution in [2.24, 2.45) is 0 Å². The van der Waals surface area contributed by atoms with Gasteiger partial charge in [-0.05, 0) is 42.0 Å². The average Bonchev–Trinajstić information content (AvgIpc) is 2.83. The summed E-state index contributed by atoms with van der Waals surface area (Å²) in [4.78, 5) is 0. The van der Waals surface area contributed by atoms with Crippen molar-refractivity contribution in [2.45, 2.75) is 12.2 Å². The normalized spacial score (nSPS) is 16.9. The van der Waals surface area contributed by atoms with E-state index in [2.05, 4.69) is 5.32 Å². The van der Waals surface area contributed by atoms with Crippen molar-refractivity contribution in [1.29, 1.82) is 0 Å². The van der Waals surface area contributed by atoms with Gasteiger partial charge < -0.3 is 34.1 Å². The van der Waals surface area contributed by atoms with Gasteiger partial charge in [0.05, 0.1) is 14.2 Å². The molecule has 7 nitrogen and oxygen atoms in total. The number of nitrogens with one attached hydrogen (secondary N) is 1. The predicted molar refractivity (Wildman–Crippen MR) is 120 cm³/mol. The van der Waals surface area contributed by atoms with Crippen molar-refractivity contribution < 1.29 is 28.8 Å². The smallest absolute Gasteiger partial charge is 0.203 e. The summed E-state index contributed by atoms with van der Waals surface area (Å²) in [6.07, 6.45) is -0.566. The Hall–Kier alpha value is -3.58. The SMILES string of the molecule is COc1cccc(OC)c1OCCNC[C@H]1Oc2ccccc2O[C@@H]1c1ccc(O)cc1. The van der Waals surface area contributed by atoms with Crippen molar-refractivity contribution in [3.05, 3.63) is 72.3 Å². The lowest BCUT2D eigenvalue weighted by Crippen LogP contribution is -2.42. The van der Waals surface area contributed by atoms with E-state index in [0.717, 1.165) is 5.56 Å². The van der Waals surface area contributed by atoms with Crippen molar-refractivity contribution >= 4 is 0 Å². The number of ether oxygens (including phenoxy) is 5. The zero-order chi connectivity index (χ0) is 22.3. The Labute approximate surface area is 187 Å². The predicted octanol–water partition coefficient (Wildman–Crippen LogP) is 3.96. The molecule has 0 spiro atoms. The highest BCUT2D eigenvalue weighted by molar-refractivity contribution is 5.51. The molecule has 32 heavy (non-hydrogen) atoms. The maximum atomic E-state index is 9.63. The maximum Gasteiger partial charge on any atom is 0.203 e. The second-order valence-electron chi connectivity index (χ2n) is 7.28. The Bertz CT molecular complexity index is 1000. The van der Waals surface area contributed by atoms with Crippen LogP contribution in [0.5, 0.6) is 34.5 Å². The van der Waals surface area contributed by atoms with E-state index in [0.29, 0.717) is 48.4 Å². The van der Waals surface area contributed by atoms with Gasteiger partial charge in [0.15, 0.2) is 35.2 Å². The van der Waals surface area contributed by atoms with E-state index in [-0.39, 0.29) is 18.0 Å². The van der Waals surface area contributed by atoms with E-state index < -0.39 is 0 Å². The highest BCUT2D eigenvalue weighted by atomic mass is 16.6. The third-order valence-corrected chi connectivity index (χ3v) is 5.19. The third kappa shape index (κ3) is 4.84. The van der Waals surface area contributed by atoms with Crippen LogP contribution >= 0.6 is 0 Å². The number of methoxy groups -OCH3 is 2. The van der Waals surface area contributed by atoms with Gasteiger partial charge >= 0.3 is 0 Å². The van der Waals surface area contributed by atoms with Crippen LogP contribution in [0, 0.1) is 0 Å². The Morgan fingerprint density at radius 1 is 0.844 bits per heavy atom. The number of aromatic hydroxyl groups is 1. The number of phenols is 1. The van der Waals surface area contributed by atoms with Gasteiger partial charge in [-0.15, -0.1) is 0 Å². The number of benzene rings is 3. The van der Waals surface area contributed by atoms with E-state index in [1.807, 2.05) is 54.6 Å². The summed E-state index contributed by atoms with van der Waals surface area (Å²) < 4.78 is 29.1. The lowest BCUT2D eigenvalue weighted by atomic mass is 10.0. The van der Waals surface area contributed by atoms with Crippen molar-refractivity contribution in [1.82, 2.24) is 5.32 Å². The van der Waals surface area contributed by atoms with E-state index in [4.69, 9.17) is 23.7 Å². The third-order valence-electron chi connectivity index (χ3n) is 5.19. The van der Waals surface area contributed by atoms with Crippen LogP contribution in [0.1, 0.15) is 11.7 Å². The first-order chi connectivity index (χ1) is 15.7. The second kappa shape index (κ2) is 10.2. The Morgan fingerprint density at radius 2 is 1.50 bits per heavy atom. The van der Waals surface area contributed by atoms with Gasteiger partial charge in [-0.1, -0.05) is 30.3 Å². The molecule has 4 rings (SSSR count). The molecule has 0 amide bonds. The van der Waals surface area contributed by atoms with Gasteiger partial charge in [-0.25, -0.2) is 0 Å². The van der Waals surface area contributed by atoms with Crippen LogP contribution in [0.4, 0.5) is 0 Å². The molecule has 2 atom stereocenters. The summed E-state index contributed by atoms with van der Waals surface area (Å²) >= 11 is 0. The number of phenolic OH excluding ortho intramolecular Hbond substituents is 1. The Morgan fingerprint density at radius 3 is 2.16 bits per heavy atom. The molecule has 3 aromatic carbocycles. The standard InChI is InChI=1S/C25H27NO6/c1-28-21-8-5-9-22(29-2)25(21)30-15-14-26-16-23-24(17-10-12-18(27)13-11-17)32-20-7-4-3-6-19(20)31-23/h3-13,23-24,26-27H,14-16H2,1-2H3/t23-,24-/m1/s1. The summed E-state index contributed by atoms with van der Waals surface area (Å²) in [5.41, 5.74) is 0.930. The van der Waals surface area contributed by atoms with Crippen LogP contribution in [0.15, 0.2) is 66.7 Å². The van der Waals surface area contributed by atoms with E-state index >= 15 is 0 Å². The molecule has 7 heteroatoms. The molecule has 168 valence electrons. The van der Waals surface area contributed by atoms with Gasteiger partial charge in [0.25, 0.3) is 0 Å². The highest BCUT2D eigenvalue weighted by Crippen LogP contribution is 2.39. The molecule has 0 fully saturated rings. The van der Waals surface area contributed by atoms with Gasteiger partial charge in [0, 0.05) is 13.1 Å². The Balaban J connectivity index is 1.38. The molecule has 2 N–H and O–H groups in total. The molecule has 0 saturated heterocycles. The molecule has 1 aliphatic heterocycles. The van der Waals surface area contributed by atoms with Gasteiger partial charge in [-0.2, -0.15) is 0 Å². The first-order valence-electron chi connectivity index (χ1n) is 10.5. The van der Waals surface area contributed by atoms with Gasteiger partial charge in [0.2, 0.25) is 5.75 Å². The first-order valence-corrected chi connectivity index (χ1v) is 10.5. The molecule has 0 aromatic heterocycles. The molecular formula is C25H27NO6. The number of hydrogen-bond donors (Lipinski definition) is 2.